The van der Waals surface area contributed by atoms with Crippen molar-refractivity contribution in [1.82, 2.24) is 4.57 Å². The first kappa shape index (κ1) is 9.25. The Bertz CT molecular complexity index is 358. The minimum atomic E-state index is 1.12. The van der Waals surface area contributed by atoms with Crippen molar-refractivity contribution in [3.05, 3.63) is 42.5 Å². The van der Waals surface area contributed by atoms with Gasteiger partial charge >= 0.3 is 0 Å². The minimum Gasteiger partial charge on any atom is -0.240 e. The molecule has 74 valence electrons. The van der Waals surface area contributed by atoms with Crippen LogP contribution in [0.15, 0.2) is 42.5 Å². The van der Waals surface area contributed by atoms with Crippen molar-refractivity contribution in [2.24, 2.45) is 7.05 Å². The first-order valence-corrected chi connectivity index (χ1v) is 5.20. The fourth-order valence-electron chi connectivity index (χ4n) is 1.80. The molecule has 2 heteroatoms. The molecular formula is C12H17N2+. The van der Waals surface area contributed by atoms with Crippen LogP contribution in [0.5, 0.6) is 0 Å². The molecule has 0 bridgehead atoms. The average molecular weight is 189 g/mol. The van der Waals surface area contributed by atoms with E-state index in [2.05, 4.69) is 53.1 Å². The lowest BCUT2D eigenvalue weighted by atomic mass is 10.1. The summed E-state index contributed by atoms with van der Waals surface area (Å²) in [7, 11) is 2.06. The van der Waals surface area contributed by atoms with Crippen LogP contribution in [0.25, 0.3) is 0 Å². The summed E-state index contributed by atoms with van der Waals surface area (Å²) in [6.07, 6.45) is 16.6. The molecule has 0 aromatic carbocycles. The predicted molar refractivity (Wildman–Crippen MR) is 56.7 cm³/mol. The number of hydrogen-bond donors (Lipinski definition) is 0. The Labute approximate surface area is 85.2 Å². The molecule has 1 aromatic heterocycles. The molecule has 0 spiro atoms. The highest BCUT2D eigenvalue weighted by atomic mass is 15.1. The standard InChI is InChI=1S/C12H17N2/c1-13-9-10-14(11-13)8-4-7-12-5-2-3-6-12/h2-3,5,9-11H,4,6-8H2,1H3/q+1. The van der Waals surface area contributed by atoms with Crippen molar-refractivity contribution in [3.8, 4) is 0 Å². The molecule has 0 atom stereocenters. The fraction of sp³-hybridized carbons (Fsp3) is 0.417. The Kier molecular flexibility index (Phi) is 2.82. The summed E-state index contributed by atoms with van der Waals surface area (Å²) in [4.78, 5) is 0. The number of aryl methyl sites for hydroxylation is 2. The van der Waals surface area contributed by atoms with Gasteiger partial charge in [-0.2, -0.15) is 0 Å². The fourth-order valence-corrected chi connectivity index (χ4v) is 1.80. The maximum atomic E-state index is 2.25. The lowest BCUT2D eigenvalue weighted by Crippen LogP contribution is -2.23. The second kappa shape index (κ2) is 4.27. The molecule has 2 nitrogen and oxygen atoms in total. The van der Waals surface area contributed by atoms with Crippen molar-refractivity contribution < 1.29 is 4.57 Å². The van der Waals surface area contributed by atoms with E-state index in [4.69, 9.17) is 0 Å². The summed E-state index contributed by atoms with van der Waals surface area (Å²) >= 11 is 0. The molecule has 0 saturated heterocycles. The van der Waals surface area contributed by atoms with Crippen LogP contribution in [0.3, 0.4) is 0 Å². The Morgan fingerprint density at radius 3 is 3.07 bits per heavy atom. The maximum Gasteiger partial charge on any atom is 0.243 e. The van der Waals surface area contributed by atoms with Gasteiger partial charge in [-0.05, 0) is 19.3 Å². The smallest absolute Gasteiger partial charge is 0.240 e. The summed E-state index contributed by atoms with van der Waals surface area (Å²) in [5.41, 5.74) is 1.57. The van der Waals surface area contributed by atoms with Crippen molar-refractivity contribution in [1.29, 1.82) is 0 Å². The molecule has 0 N–H and O–H groups in total. The normalized spacial score (nSPS) is 14.8. The van der Waals surface area contributed by atoms with E-state index in [1.165, 1.54) is 19.3 Å². The zero-order valence-electron chi connectivity index (χ0n) is 8.69. The number of imidazole rings is 1. The van der Waals surface area contributed by atoms with Crippen LogP contribution >= 0.6 is 0 Å². The molecule has 0 unspecified atom stereocenters. The third-order valence-electron chi connectivity index (χ3n) is 2.59. The number of hydrogen-bond acceptors (Lipinski definition) is 0. The molecule has 14 heavy (non-hydrogen) atoms. The zero-order chi connectivity index (χ0) is 9.80. The summed E-state index contributed by atoms with van der Waals surface area (Å²) in [5, 5.41) is 0. The summed E-state index contributed by atoms with van der Waals surface area (Å²) in [6, 6.07) is 0. The van der Waals surface area contributed by atoms with Crippen LogP contribution in [0, 0.1) is 0 Å². The van der Waals surface area contributed by atoms with Gasteiger partial charge in [-0.15, -0.1) is 0 Å². The first-order valence-electron chi connectivity index (χ1n) is 5.20. The lowest BCUT2D eigenvalue weighted by molar-refractivity contribution is -0.671. The van der Waals surface area contributed by atoms with Crippen LogP contribution in [0.4, 0.5) is 0 Å². The summed E-state index contributed by atoms with van der Waals surface area (Å²) in [6.45, 7) is 1.12. The minimum absolute atomic E-state index is 1.12. The predicted octanol–water partition coefficient (Wildman–Crippen LogP) is 1.98. The molecule has 2 rings (SSSR count). The third kappa shape index (κ3) is 2.34. The number of rotatable bonds is 4. The van der Waals surface area contributed by atoms with Crippen LogP contribution in [-0.4, -0.2) is 4.57 Å². The van der Waals surface area contributed by atoms with E-state index >= 15 is 0 Å². The Morgan fingerprint density at radius 2 is 2.43 bits per heavy atom. The molecule has 0 radical (unpaired) electrons. The third-order valence-corrected chi connectivity index (χ3v) is 2.59. The molecule has 0 fully saturated rings. The van der Waals surface area contributed by atoms with Crippen molar-refractivity contribution in [2.75, 3.05) is 0 Å². The van der Waals surface area contributed by atoms with Crippen molar-refractivity contribution >= 4 is 0 Å². The monoisotopic (exact) mass is 189 g/mol. The van der Waals surface area contributed by atoms with Crippen LogP contribution in [0.2, 0.25) is 0 Å². The van der Waals surface area contributed by atoms with Crippen molar-refractivity contribution in [2.45, 2.75) is 25.8 Å². The molecule has 1 aliphatic carbocycles. The van der Waals surface area contributed by atoms with Gasteiger partial charge in [0.1, 0.15) is 12.4 Å². The lowest BCUT2D eigenvalue weighted by Gasteiger charge is -1.99. The molecule has 0 aliphatic heterocycles. The van der Waals surface area contributed by atoms with Gasteiger partial charge in [0.05, 0.1) is 13.6 Å². The van der Waals surface area contributed by atoms with E-state index in [-0.39, 0.29) is 0 Å². The first-order chi connectivity index (χ1) is 6.84. The Balaban J connectivity index is 1.73. The van der Waals surface area contributed by atoms with Gasteiger partial charge in [0, 0.05) is 0 Å². The van der Waals surface area contributed by atoms with Gasteiger partial charge in [0.15, 0.2) is 0 Å². The maximum absolute atomic E-state index is 2.25. The average Bonchev–Trinajstić information content (AvgIpc) is 2.77. The quantitative estimate of drug-likeness (QED) is 0.640. The summed E-state index contributed by atoms with van der Waals surface area (Å²) in [5.74, 6) is 0. The van der Waals surface area contributed by atoms with Gasteiger partial charge in [-0.25, -0.2) is 9.13 Å². The molecule has 1 aliphatic rings. The summed E-state index contributed by atoms with van der Waals surface area (Å²) < 4.78 is 4.32. The van der Waals surface area contributed by atoms with E-state index < -0.39 is 0 Å². The van der Waals surface area contributed by atoms with E-state index in [9.17, 15) is 0 Å². The van der Waals surface area contributed by atoms with E-state index in [1.54, 1.807) is 5.57 Å². The second-order valence-corrected chi connectivity index (χ2v) is 3.88. The largest absolute Gasteiger partial charge is 0.243 e. The number of aromatic nitrogens is 2. The number of allylic oxidation sites excluding steroid dienone is 4. The van der Waals surface area contributed by atoms with E-state index in [0.29, 0.717) is 0 Å². The SMILES string of the molecule is C[n+]1ccn(CCCC2=CC=CC2)c1. The molecule has 0 saturated carbocycles. The Morgan fingerprint density at radius 1 is 1.50 bits per heavy atom. The Hall–Kier alpha value is -1.31. The van der Waals surface area contributed by atoms with Crippen LogP contribution in [0.1, 0.15) is 19.3 Å². The topological polar surface area (TPSA) is 8.81 Å². The van der Waals surface area contributed by atoms with Gasteiger partial charge < -0.3 is 0 Å². The van der Waals surface area contributed by atoms with Crippen molar-refractivity contribution in [3.63, 3.8) is 0 Å². The highest BCUT2D eigenvalue weighted by Crippen LogP contribution is 2.16. The zero-order valence-corrected chi connectivity index (χ0v) is 8.69. The van der Waals surface area contributed by atoms with Gasteiger partial charge in [-0.1, -0.05) is 23.8 Å². The van der Waals surface area contributed by atoms with Gasteiger partial charge in [0.2, 0.25) is 6.33 Å². The highest BCUT2D eigenvalue weighted by molar-refractivity contribution is 5.22. The van der Waals surface area contributed by atoms with Gasteiger partial charge in [0.25, 0.3) is 0 Å². The molecule has 0 amide bonds. The molecular weight excluding hydrogens is 172 g/mol. The number of nitrogens with zero attached hydrogens (tertiary/aromatic N) is 2. The van der Waals surface area contributed by atoms with Crippen LogP contribution < -0.4 is 4.57 Å². The van der Waals surface area contributed by atoms with E-state index in [0.717, 1.165) is 6.54 Å². The van der Waals surface area contributed by atoms with Crippen LogP contribution in [-0.2, 0) is 13.6 Å². The highest BCUT2D eigenvalue weighted by Gasteiger charge is 2.02. The molecule has 1 aromatic rings. The second-order valence-electron chi connectivity index (χ2n) is 3.88. The molecule has 1 heterocycles. The van der Waals surface area contributed by atoms with Gasteiger partial charge in [-0.3, -0.25) is 0 Å². The van der Waals surface area contributed by atoms with E-state index in [1.807, 2.05) is 0 Å².